The lowest BCUT2D eigenvalue weighted by atomic mass is 10.1. The van der Waals surface area contributed by atoms with Crippen LogP contribution >= 0.6 is 11.3 Å². The van der Waals surface area contributed by atoms with Crippen LogP contribution in [0, 0.1) is 0 Å². The standard InChI is InChI=1S/C19H19N3O4S/c1-26-15-6-2-12(3-7-15)16-8-4-14(5-9-18(24)25)22(16)19-21-13(11-27-19)10-17(20)23/h2-4,6-8,11H,5,9-10H2,1H3,(H2,20,23)(H,24,25). The largest absolute Gasteiger partial charge is 0.497 e. The minimum atomic E-state index is -0.859. The number of hydrogen-bond acceptors (Lipinski definition) is 5. The maximum absolute atomic E-state index is 11.2. The summed E-state index contributed by atoms with van der Waals surface area (Å²) in [5, 5.41) is 11.5. The van der Waals surface area contributed by atoms with Crippen molar-refractivity contribution in [2.24, 2.45) is 5.73 Å². The Balaban J connectivity index is 2.03. The second-order valence-corrected chi connectivity index (χ2v) is 6.77. The lowest BCUT2D eigenvalue weighted by Gasteiger charge is -2.11. The van der Waals surface area contributed by atoms with Crippen LogP contribution < -0.4 is 10.5 Å². The first-order valence-corrected chi connectivity index (χ1v) is 9.16. The number of carbonyl (C=O) groups is 2. The monoisotopic (exact) mass is 385 g/mol. The number of carboxylic acid groups (broad SMARTS) is 1. The highest BCUT2D eigenvalue weighted by molar-refractivity contribution is 7.12. The van der Waals surface area contributed by atoms with E-state index >= 15 is 0 Å². The molecule has 0 aliphatic rings. The van der Waals surface area contributed by atoms with Crippen molar-refractivity contribution in [1.29, 1.82) is 0 Å². The van der Waals surface area contributed by atoms with E-state index in [0.717, 1.165) is 22.7 Å². The number of aromatic nitrogens is 2. The van der Waals surface area contributed by atoms with Crippen LogP contribution in [0.4, 0.5) is 0 Å². The van der Waals surface area contributed by atoms with E-state index in [1.807, 2.05) is 41.0 Å². The molecule has 3 N–H and O–H groups in total. The molecule has 3 rings (SSSR count). The topological polar surface area (TPSA) is 107 Å². The first kappa shape index (κ1) is 18.7. The average Bonchev–Trinajstić information content (AvgIpc) is 3.26. The summed E-state index contributed by atoms with van der Waals surface area (Å²) in [4.78, 5) is 26.7. The molecule has 0 spiro atoms. The van der Waals surface area contributed by atoms with Gasteiger partial charge in [-0.2, -0.15) is 0 Å². The van der Waals surface area contributed by atoms with Crippen molar-refractivity contribution in [3.8, 4) is 22.1 Å². The molecule has 2 heterocycles. The fraction of sp³-hybridized carbons (Fsp3) is 0.211. The minimum Gasteiger partial charge on any atom is -0.497 e. The van der Waals surface area contributed by atoms with Gasteiger partial charge in [0.25, 0.3) is 0 Å². The number of nitrogens with zero attached hydrogens (tertiary/aromatic N) is 2. The van der Waals surface area contributed by atoms with Crippen molar-refractivity contribution in [3.05, 3.63) is 53.2 Å². The number of methoxy groups -OCH3 is 1. The van der Waals surface area contributed by atoms with Gasteiger partial charge < -0.3 is 15.6 Å². The molecule has 2 aromatic heterocycles. The van der Waals surface area contributed by atoms with Gasteiger partial charge in [0.1, 0.15) is 5.75 Å². The van der Waals surface area contributed by atoms with Gasteiger partial charge in [-0.1, -0.05) is 0 Å². The summed E-state index contributed by atoms with van der Waals surface area (Å²) < 4.78 is 7.13. The van der Waals surface area contributed by atoms with Crippen LogP contribution in [0.3, 0.4) is 0 Å². The molecule has 1 amide bonds. The molecule has 7 nitrogen and oxygen atoms in total. The summed E-state index contributed by atoms with van der Waals surface area (Å²) in [6.07, 6.45) is 0.460. The maximum atomic E-state index is 11.2. The molecule has 0 atom stereocenters. The normalized spacial score (nSPS) is 10.7. The Hall–Kier alpha value is -3.13. The van der Waals surface area contributed by atoms with Gasteiger partial charge in [0, 0.05) is 11.1 Å². The second kappa shape index (κ2) is 8.05. The van der Waals surface area contributed by atoms with E-state index < -0.39 is 11.9 Å². The van der Waals surface area contributed by atoms with Crippen molar-refractivity contribution in [1.82, 2.24) is 9.55 Å². The second-order valence-electron chi connectivity index (χ2n) is 5.93. The summed E-state index contributed by atoms with van der Waals surface area (Å²) >= 11 is 1.39. The lowest BCUT2D eigenvalue weighted by molar-refractivity contribution is -0.137. The van der Waals surface area contributed by atoms with E-state index in [0.29, 0.717) is 17.2 Å². The fourth-order valence-electron chi connectivity index (χ4n) is 2.78. The summed E-state index contributed by atoms with van der Waals surface area (Å²) in [6, 6.07) is 11.4. The molecule has 0 aliphatic heterocycles. The Morgan fingerprint density at radius 2 is 1.96 bits per heavy atom. The molecule has 1 aromatic carbocycles. The zero-order chi connectivity index (χ0) is 19.4. The van der Waals surface area contributed by atoms with Crippen LogP contribution in [0.1, 0.15) is 17.8 Å². The number of aryl methyl sites for hydroxylation is 1. The number of aliphatic carboxylic acids is 1. The van der Waals surface area contributed by atoms with E-state index in [4.69, 9.17) is 15.6 Å². The Kier molecular flexibility index (Phi) is 5.56. The number of hydrogen-bond donors (Lipinski definition) is 2. The van der Waals surface area contributed by atoms with Crippen molar-refractivity contribution >= 4 is 23.2 Å². The van der Waals surface area contributed by atoms with Crippen LogP contribution in [0.5, 0.6) is 5.75 Å². The molecule has 0 unspecified atom stereocenters. The highest BCUT2D eigenvalue weighted by Crippen LogP contribution is 2.30. The average molecular weight is 385 g/mol. The third-order valence-electron chi connectivity index (χ3n) is 4.03. The highest BCUT2D eigenvalue weighted by Gasteiger charge is 2.16. The SMILES string of the molecule is COc1ccc(-c2ccc(CCC(=O)O)n2-c2nc(CC(N)=O)cs2)cc1. The fourth-order valence-corrected chi connectivity index (χ4v) is 3.65. The predicted molar refractivity (Wildman–Crippen MR) is 102 cm³/mol. The van der Waals surface area contributed by atoms with E-state index in [2.05, 4.69) is 4.98 Å². The highest BCUT2D eigenvalue weighted by atomic mass is 32.1. The zero-order valence-electron chi connectivity index (χ0n) is 14.7. The van der Waals surface area contributed by atoms with Crippen molar-refractivity contribution in [2.75, 3.05) is 7.11 Å². The number of benzene rings is 1. The molecular weight excluding hydrogens is 366 g/mol. The Labute approximate surface area is 160 Å². The van der Waals surface area contributed by atoms with Gasteiger partial charge in [0.15, 0.2) is 5.13 Å². The van der Waals surface area contributed by atoms with Crippen LogP contribution in [0.15, 0.2) is 41.8 Å². The summed E-state index contributed by atoms with van der Waals surface area (Å²) in [5.74, 6) is -0.552. The van der Waals surface area contributed by atoms with Gasteiger partial charge in [0.2, 0.25) is 5.91 Å². The van der Waals surface area contributed by atoms with Crippen molar-refractivity contribution in [2.45, 2.75) is 19.3 Å². The summed E-state index contributed by atoms with van der Waals surface area (Å²) in [6.45, 7) is 0. The van der Waals surface area contributed by atoms with Crippen molar-refractivity contribution in [3.63, 3.8) is 0 Å². The molecule has 8 heteroatoms. The Bertz CT molecular complexity index is 960. The molecule has 3 aromatic rings. The van der Waals surface area contributed by atoms with Crippen molar-refractivity contribution < 1.29 is 19.4 Å². The maximum Gasteiger partial charge on any atom is 0.303 e. The number of thiazole rings is 1. The van der Waals surface area contributed by atoms with E-state index in [1.165, 1.54) is 11.3 Å². The number of carboxylic acids is 1. The van der Waals surface area contributed by atoms with Gasteiger partial charge in [0.05, 0.1) is 31.3 Å². The number of rotatable bonds is 8. The summed E-state index contributed by atoms with van der Waals surface area (Å²) in [7, 11) is 1.61. The van der Waals surface area contributed by atoms with Gasteiger partial charge in [-0.3, -0.25) is 14.2 Å². The summed E-state index contributed by atoms with van der Waals surface area (Å²) in [5.41, 5.74) is 8.52. The Morgan fingerprint density at radius 3 is 2.59 bits per heavy atom. The molecule has 0 saturated carbocycles. The number of nitrogens with two attached hydrogens (primary N) is 1. The Morgan fingerprint density at radius 1 is 1.22 bits per heavy atom. The number of amides is 1. The quantitative estimate of drug-likeness (QED) is 0.620. The molecule has 0 aliphatic carbocycles. The van der Waals surface area contributed by atoms with Gasteiger partial charge in [-0.05, 0) is 48.4 Å². The molecular formula is C19H19N3O4S. The van der Waals surface area contributed by atoms with Crippen LogP contribution in [0.25, 0.3) is 16.4 Å². The molecule has 140 valence electrons. The van der Waals surface area contributed by atoms with E-state index in [9.17, 15) is 9.59 Å². The first-order valence-electron chi connectivity index (χ1n) is 8.28. The smallest absolute Gasteiger partial charge is 0.303 e. The molecule has 0 saturated heterocycles. The number of primary amides is 1. The third-order valence-corrected chi connectivity index (χ3v) is 4.90. The predicted octanol–water partition coefficient (Wildman–Crippen LogP) is 2.65. The van der Waals surface area contributed by atoms with Crippen LogP contribution in [0.2, 0.25) is 0 Å². The van der Waals surface area contributed by atoms with Gasteiger partial charge >= 0.3 is 5.97 Å². The number of ether oxygens (including phenoxy) is 1. The van der Waals surface area contributed by atoms with E-state index in [-0.39, 0.29) is 12.8 Å². The molecule has 0 bridgehead atoms. The number of carbonyl (C=O) groups excluding carboxylic acids is 1. The van der Waals surface area contributed by atoms with Gasteiger partial charge in [-0.15, -0.1) is 11.3 Å². The molecule has 0 radical (unpaired) electrons. The first-order chi connectivity index (χ1) is 13.0. The van der Waals surface area contributed by atoms with E-state index in [1.54, 1.807) is 12.5 Å². The molecule has 27 heavy (non-hydrogen) atoms. The third kappa shape index (κ3) is 4.35. The van der Waals surface area contributed by atoms with Crippen LogP contribution in [-0.4, -0.2) is 33.6 Å². The van der Waals surface area contributed by atoms with Crippen LogP contribution in [-0.2, 0) is 22.4 Å². The zero-order valence-corrected chi connectivity index (χ0v) is 15.5. The lowest BCUT2D eigenvalue weighted by Crippen LogP contribution is -2.14. The minimum absolute atomic E-state index is 0.0194. The molecule has 0 fully saturated rings. The van der Waals surface area contributed by atoms with Gasteiger partial charge in [-0.25, -0.2) is 4.98 Å².